The first-order valence-electron chi connectivity index (χ1n) is 6.13. The van der Waals surface area contributed by atoms with E-state index in [-0.39, 0.29) is 23.8 Å². The average molecular weight is 309 g/mol. The molecular weight excluding hydrogens is 294 g/mol. The molecular formula is C13H15N3O4S. The number of aryl methyl sites for hydroxylation is 1. The molecule has 0 aliphatic carbocycles. The van der Waals surface area contributed by atoms with Crippen molar-refractivity contribution >= 4 is 15.9 Å². The number of nitrogens with zero attached hydrogens (tertiary/aromatic N) is 1. The molecule has 21 heavy (non-hydrogen) atoms. The van der Waals surface area contributed by atoms with E-state index in [4.69, 9.17) is 9.56 Å². The quantitative estimate of drug-likeness (QED) is 0.834. The van der Waals surface area contributed by atoms with Gasteiger partial charge in [0.1, 0.15) is 5.76 Å². The minimum atomic E-state index is -3.70. The van der Waals surface area contributed by atoms with Crippen molar-refractivity contribution in [2.45, 2.75) is 24.8 Å². The molecule has 1 aromatic carbocycles. The van der Waals surface area contributed by atoms with Crippen molar-refractivity contribution in [3.63, 3.8) is 0 Å². The Hall–Kier alpha value is -2.19. The van der Waals surface area contributed by atoms with Crippen LogP contribution in [0.25, 0.3) is 0 Å². The first kappa shape index (κ1) is 15.2. The van der Waals surface area contributed by atoms with Crippen molar-refractivity contribution in [1.82, 2.24) is 10.3 Å². The van der Waals surface area contributed by atoms with Gasteiger partial charge >= 0.3 is 0 Å². The zero-order valence-corrected chi connectivity index (χ0v) is 12.2. The summed E-state index contributed by atoms with van der Waals surface area (Å²) < 4.78 is 27.3. The summed E-state index contributed by atoms with van der Waals surface area (Å²) >= 11 is 0. The third kappa shape index (κ3) is 4.14. The van der Waals surface area contributed by atoms with Crippen LogP contribution in [-0.2, 0) is 27.8 Å². The fraction of sp³-hybridized carbons (Fsp3) is 0.231. The topological polar surface area (TPSA) is 115 Å². The molecule has 1 amide bonds. The average Bonchev–Trinajstić information content (AvgIpc) is 2.81. The first-order valence-corrected chi connectivity index (χ1v) is 7.68. The molecule has 1 aromatic heterocycles. The Bertz CT molecular complexity index is 735. The van der Waals surface area contributed by atoms with Crippen LogP contribution in [0.4, 0.5) is 0 Å². The summed E-state index contributed by atoms with van der Waals surface area (Å²) in [5.74, 6) is 0.322. The van der Waals surface area contributed by atoms with Gasteiger partial charge in [0, 0.05) is 6.54 Å². The molecule has 3 N–H and O–H groups in total. The summed E-state index contributed by atoms with van der Waals surface area (Å²) in [4.78, 5) is 15.7. The van der Waals surface area contributed by atoms with E-state index in [0.29, 0.717) is 11.5 Å². The highest BCUT2D eigenvalue weighted by Crippen LogP contribution is 2.09. The lowest BCUT2D eigenvalue weighted by molar-refractivity contribution is -0.120. The van der Waals surface area contributed by atoms with Gasteiger partial charge in [0.05, 0.1) is 17.0 Å². The molecule has 0 saturated heterocycles. The molecule has 0 saturated carbocycles. The second-order valence-corrected chi connectivity index (χ2v) is 6.06. The van der Waals surface area contributed by atoms with Crippen LogP contribution in [0.2, 0.25) is 0 Å². The normalized spacial score (nSPS) is 11.3. The van der Waals surface area contributed by atoms with E-state index in [9.17, 15) is 13.2 Å². The Kier molecular flexibility index (Phi) is 4.39. The third-order valence-electron chi connectivity index (χ3n) is 2.91. The van der Waals surface area contributed by atoms with Crippen LogP contribution in [-0.4, -0.2) is 19.3 Å². The van der Waals surface area contributed by atoms with E-state index in [1.54, 1.807) is 19.1 Å². The van der Waals surface area contributed by atoms with E-state index in [2.05, 4.69) is 10.3 Å². The molecule has 0 radical (unpaired) electrons. The summed E-state index contributed by atoms with van der Waals surface area (Å²) in [6.45, 7) is 2.05. The van der Waals surface area contributed by atoms with E-state index in [1.165, 1.54) is 18.5 Å². The van der Waals surface area contributed by atoms with Crippen LogP contribution in [0.3, 0.4) is 0 Å². The van der Waals surface area contributed by atoms with Crippen LogP contribution in [0.5, 0.6) is 0 Å². The highest BCUT2D eigenvalue weighted by Gasteiger charge is 2.10. The minimum Gasteiger partial charge on any atom is -0.448 e. The molecule has 0 aliphatic heterocycles. The zero-order chi connectivity index (χ0) is 15.5. The van der Waals surface area contributed by atoms with Crippen LogP contribution < -0.4 is 10.5 Å². The SMILES string of the molecule is Cc1ncoc1CC(=O)NCc1ccc(S(N)(=O)=O)cc1. The Morgan fingerprint density at radius 1 is 1.33 bits per heavy atom. The van der Waals surface area contributed by atoms with E-state index in [1.807, 2.05) is 0 Å². The Balaban J connectivity index is 1.91. The molecule has 1 heterocycles. The molecule has 0 aliphatic rings. The van der Waals surface area contributed by atoms with Gasteiger partial charge in [-0.2, -0.15) is 0 Å². The van der Waals surface area contributed by atoms with Crippen molar-refractivity contribution in [2.24, 2.45) is 5.14 Å². The molecule has 0 spiro atoms. The standard InChI is InChI=1S/C13H15N3O4S/c1-9-12(20-8-16-9)6-13(17)15-7-10-2-4-11(5-3-10)21(14,18)19/h2-5,8H,6-7H2,1H3,(H,15,17)(H2,14,18,19). The molecule has 0 bridgehead atoms. The second-order valence-electron chi connectivity index (χ2n) is 4.50. The fourth-order valence-corrected chi connectivity index (χ4v) is 2.22. The smallest absolute Gasteiger partial charge is 0.238 e. The Labute approximate surface area is 122 Å². The van der Waals surface area contributed by atoms with E-state index >= 15 is 0 Å². The number of nitrogens with one attached hydrogen (secondary N) is 1. The molecule has 7 nitrogen and oxygen atoms in total. The number of amides is 1. The van der Waals surface area contributed by atoms with Gasteiger partial charge < -0.3 is 9.73 Å². The number of nitrogens with two attached hydrogens (primary N) is 1. The molecule has 8 heteroatoms. The lowest BCUT2D eigenvalue weighted by Gasteiger charge is -2.05. The molecule has 2 aromatic rings. The maximum Gasteiger partial charge on any atom is 0.238 e. The van der Waals surface area contributed by atoms with Crippen LogP contribution in [0, 0.1) is 6.92 Å². The Morgan fingerprint density at radius 3 is 2.52 bits per heavy atom. The number of hydrogen-bond donors (Lipinski definition) is 2. The highest BCUT2D eigenvalue weighted by molar-refractivity contribution is 7.89. The largest absolute Gasteiger partial charge is 0.448 e. The third-order valence-corrected chi connectivity index (χ3v) is 3.84. The molecule has 2 rings (SSSR count). The predicted octanol–water partition coefficient (Wildman–Crippen LogP) is 0.489. The number of primary sulfonamides is 1. The van der Waals surface area contributed by atoms with E-state index < -0.39 is 10.0 Å². The second kappa shape index (κ2) is 6.06. The van der Waals surface area contributed by atoms with Gasteiger partial charge in [-0.15, -0.1) is 0 Å². The van der Waals surface area contributed by atoms with Gasteiger partial charge in [0.2, 0.25) is 15.9 Å². The maximum absolute atomic E-state index is 11.7. The van der Waals surface area contributed by atoms with Gasteiger partial charge in [-0.3, -0.25) is 4.79 Å². The summed E-state index contributed by atoms with van der Waals surface area (Å²) in [5.41, 5.74) is 1.45. The lowest BCUT2D eigenvalue weighted by Crippen LogP contribution is -2.24. The van der Waals surface area contributed by atoms with Crippen molar-refractivity contribution in [3.8, 4) is 0 Å². The maximum atomic E-state index is 11.7. The molecule has 0 fully saturated rings. The summed E-state index contributed by atoms with van der Waals surface area (Å²) in [6.07, 6.45) is 1.41. The number of hydrogen-bond acceptors (Lipinski definition) is 5. The van der Waals surface area contributed by atoms with Crippen molar-refractivity contribution in [1.29, 1.82) is 0 Å². The molecule has 0 atom stereocenters. The predicted molar refractivity (Wildman–Crippen MR) is 74.6 cm³/mol. The number of benzene rings is 1. The van der Waals surface area contributed by atoms with Crippen LogP contribution in [0.1, 0.15) is 17.0 Å². The van der Waals surface area contributed by atoms with Gasteiger partial charge in [-0.05, 0) is 24.6 Å². The molecule has 112 valence electrons. The number of oxazole rings is 1. The highest BCUT2D eigenvalue weighted by atomic mass is 32.2. The Morgan fingerprint density at radius 2 is 2.00 bits per heavy atom. The van der Waals surface area contributed by atoms with Gasteiger partial charge in [0.25, 0.3) is 0 Å². The summed E-state index contributed by atoms with van der Waals surface area (Å²) in [5, 5.41) is 7.72. The van der Waals surface area contributed by atoms with E-state index in [0.717, 1.165) is 5.56 Å². The first-order chi connectivity index (χ1) is 9.86. The van der Waals surface area contributed by atoms with Gasteiger partial charge in [0.15, 0.2) is 6.39 Å². The van der Waals surface area contributed by atoms with Gasteiger partial charge in [-0.25, -0.2) is 18.5 Å². The van der Waals surface area contributed by atoms with Crippen LogP contribution in [0.15, 0.2) is 40.0 Å². The number of aromatic nitrogens is 1. The van der Waals surface area contributed by atoms with Crippen LogP contribution >= 0.6 is 0 Å². The number of carbonyl (C=O) groups excluding carboxylic acids is 1. The van der Waals surface area contributed by atoms with Crippen molar-refractivity contribution in [3.05, 3.63) is 47.7 Å². The monoisotopic (exact) mass is 309 g/mol. The number of carbonyl (C=O) groups is 1. The van der Waals surface area contributed by atoms with Crippen molar-refractivity contribution in [2.75, 3.05) is 0 Å². The zero-order valence-electron chi connectivity index (χ0n) is 11.4. The summed E-state index contributed by atoms with van der Waals surface area (Å²) in [7, 11) is -3.70. The minimum absolute atomic E-state index is 0.0369. The van der Waals surface area contributed by atoms with Crippen molar-refractivity contribution < 1.29 is 17.6 Å². The summed E-state index contributed by atoms with van der Waals surface area (Å²) in [6, 6.07) is 5.99. The fourth-order valence-electron chi connectivity index (χ4n) is 1.70. The lowest BCUT2D eigenvalue weighted by atomic mass is 10.2. The molecule has 0 unspecified atom stereocenters. The van der Waals surface area contributed by atoms with Gasteiger partial charge in [-0.1, -0.05) is 12.1 Å². The number of sulfonamides is 1. The number of rotatable bonds is 5.